The Balaban J connectivity index is 2.48. The highest BCUT2D eigenvalue weighted by molar-refractivity contribution is 5.92. The van der Waals surface area contributed by atoms with Crippen LogP contribution in [0.2, 0.25) is 0 Å². The van der Waals surface area contributed by atoms with Gasteiger partial charge in [0.25, 0.3) is 0 Å². The van der Waals surface area contributed by atoms with Crippen molar-refractivity contribution in [3.63, 3.8) is 0 Å². The van der Waals surface area contributed by atoms with E-state index in [0.717, 1.165) is 0 Å². The standard InChI is InChI=1S/C15H24N2O3/c1-10(2)11(3)20-8-7-15(18)17-13-9-12(16)5-6-14(13)19-4/h5-6,9-11H,7-8,16H2,1-4H3,(H,17,18). The molecule has 0 aliphatic heterocycles. The molecule has 0 bridgehead atoms. The lowest BCUT2D eigenvalue weighted by atomic mass is 10.1. The maximum atomic E-state index is 11.9. The summed E-state index contributed by atoms with van der Waals surface area (Å²) < 4.78 is 10.7. The SMILES string of the molecule is COc1ccc(N)cc1NC(=O)CCOC(C)C(C)C. The van der Waals surface area contributed by atoms with Crippen molar-refractivity contribution in [3.8, 4) is 5.75 Å². The van der Waals surface area contributed by atoms with E-state index in [2.05, 4.69) is 19.2 Å². The van der Waals surface area contributed by atoms with E-state index in [1.54, 1.807) is 25.3 Å². The number of ether oxygens (including phenoxy) is 2. The number of nitrogens with one attached hydrogen (secondary N) is 1. The average Bonchev–Trinajstić information content (AvgIpc) is 2.38. The maximum absolute atomic E-state index is 11.9. The van der Waals surface area contributed by atoms with E-state index in [0.29, 0.717) is 36.1 Å². The van der Waals surface area contributed by atoms with E-state index >= 15 is 0 Å². The minimum atomic E-state index is -0.121. The van der Waals surface area contributed by atoms with Gasteiger partial charge in [0.15, 0.2) is 0 Å². The first-order valence-corrected chi connectivity index (χ1v) is 6.79. The van der Waals surface area contributed by atoms with E-state index < -0.39 is 0 Å². The van der Waals surface area contributed by atoms with Gasteiger partial charge in [-0.15, -0.1) is 0 Å². The molecule has 0 heterocycles. The molecule has 5 nitrogen and oxygen atoms in total. The van der Waals surface area contributed by atoms with Crippen molar-refractivity contribution in [2.75, 3.05) is 24.8 Å². The van der Waals surface area contributed by atoms with E-state index in [9.17, 15) is 4.79 Å². The minimum absolute atomic E-state index is 0.121. The number of anilines is 2. The van der Waals surface area contributed by atoms with Crippen LogP contribution in [0.4, 0.5) is 11.4 Å². The van der Waals surface area contributed by atoms with Crippen LogP contribution in [-0.4, -0.2) is 25.7 Å². The molecular weight excluding hydrogens is 256 g/mol. The van der Waals surface area contributed by atoms with E-state index in [1.807, 2.05) is 6.92 Å². The molecule has 0 aromatic heterocycles. The summed E-state index contributed by atoms with van der Waals surface area (Å²) in [6.45, 7) is 6.57. The molecule has 1 aromatic carbocycles. The Morgan fingerprint density at radius 1 is 1.35 bits per heavy atom. The molecule has 0 radical (unpaired) electrons. The molecule has 0 saturated carbocycles. The van der Waals surface area contributed by atoms with Gasteiger partial charge in [0, 0.05) is 5.69 Å². The Morgan fingerprint density at radius 3 is 2.65 bits per heavy atom. The summed E-state index contributed by atoms with van der Waals surface area (Å²) in [7, 11) is 1.55. The summed E-state index contributed by atoms with van der Waals surface area (Å²) in [4.78, 5) is 11.9. The van der Waals surface area contributed by atoms with Gasteiger partial charge in [-0.25, -0.2) is 0 Å². The lowest BCUT2D eigenvalue weighted by Crippen LogP contribution is -2.20. The number of carbonyl (C=O) groups is 1. The topological polar surface area (TPSA) is 73.6 Å². The predicted molar refractivity (Wildman–Crippen MR) is 80.9 cm³/mol. The molecule has 0 spiro atoms. The normalized spacial score (nSPS) is 12.2. The summed E-state index contributed by atoms with van der Waals surface area (Å²) in [5.74, 6) is 0.904. The number of methoxy groups -OCH3 is 1. The first-order chi connectivity index (χ1) is 9.43. The van der Waals surface area contributed by atoms with Crippen LogP contribution in [0.1, 0.15) is 27.2 Å². The second-order valence-corrected chi connectivity index (χ2v) is 5.08. The summed E-state index contributed by atoms with van der Waals surface area (Å²) in [5, 5.41) is 2.78. The van der Waals surface area contributed by atoms with Crippen LogP contribution in [0, 0.1) is 5.92 Å². The molecule has 0 aliphatic carbocycles. The van der Waals surface area contributed by atoms with Crippen molar-refractivity contribution in [1.29, 1.82) is 0 Å². The average molecular weight is 280 g/mol. The fourth-order valence-electron chi connectivity index (χ4n) is 1.57. The van der Waals surface area contributed by atoms with Crippen molar-refractivity contribution in [2.45, 2.75) is 33.3 Å². The first-order valence-electron chi connectivity index (χ1n) is 6.79. The quantitative estimate of drug-likeness (QED) is 0.753. The Labute approximate surface area is 120 Å². The van der Waals surface area contributed by atoms with Gasteiger partial charge >= 0.3 is 0 Å². The Morgan fingerprint density at radius 2 is 2.05 bits per heavy atom. The van der Waals surface area contributed by atoms with Crippen molar-refractivity contribution in [1.82, 2.24) is 0 Å². The van der Waals surface area contributed by atoms with Crippen molar-refractivity contribution >= 4 is 17.3 Å². The van der Waals surface area contributed by atoms with Crippen LogP contribution in [0.25, 0.3) is 0 Å². The summed E-state index contributed by atoms with van der Waals surface area (Å²) in [5.41, 5.74) is 6.85. The largest absolute Gasteiger partial charge is 0.495 e. The Bertz CT molecular complexity index is 447. The molecule has 1 amide bonds. The zero-order valence-electron chi connectivity index (χ0n) is 12.6. The minimum Gasteiger partial charge on any atom is -0.495 e. The predicted octanol–water partition coefficient (Wildman–Crippen LogP) is 2.67. The number of benzene rings is 1. The van der Waals surface area contributed by atoms with Gasteiger partial charge in [-0.2, -0.15) is 0 Å². The number of amides is 1. The van der Waals surface area contributed by atoms with Crippen LogP contribution in [-0.2, 0) is 9.53 Å². The highest BCUT2D eigenvalue weighted by Crippen LogP contribution is 2.26. The highest BCUT2D eigenvalue weighted by Gasteiger charge is 2.10. The molecule has 20 heavy (non-hydrogen) atoms. The number of nitrogens with two attached hydrogens (primary N) is 1. The molecule has 3 N–H and O–H groups in total. The van der Waals surface area contributed by atoms with Gasteiger partial charge in [0.1, 0.15) is 5.75 Å². The molecule has 1 rings (SSSR count). The second kappa shape index (κ2) is 7.75. The molecule has 0 fully saturated rings. The lowest BCUT2D eigenvalue weighted by molar-refractivity contribution is -0.117. The summed E-state index contributed by atoms with van der Waals surface area (Å²) in [6, 6.07) is 5.12. The second-order valence-electron chi connectivity index (χ2n) is 5.08. The smallest absolute Gasteiger partial charge is 0.226 e. The van der Waals surface area contributed by atoms with Crippen LogP contribution in [0.3, 0.4) is 0 Å². The van der Waals surface area contributed by atoms with Gasteiger partial charge < -0.3 is 20.5 Å². The Hall–Kier alpha value is -1.75. The molecule has 112 valence electrons. The molecule has 1 aromatic rings. The number of hydrogen-bond donors (Lipinski definition) is 2. The van der Waals surface area contributed by atoms with Crippen LogP contribution >= 0.6 is 0 Å². The number of hydrogen-bond acceptors (Lipinski definition) is 4. The van der Waals surface area contributed by atoms with Crippen LogP contribution < -0.4 is 15.8 Å². The zero-order chi connectivity index (χ0) is 15.1. The molecule has 0 aliphatic rings. The van der Waals surface area contributed by atoms with Gasteiger partial charge in [-0.3, -0.25) is 4.79 Å². The van der Waals surface area contributed by atoms with E-state index in [4.69, 9.17) is 15.2 Å². The third-order valence-electron chi connectivity index (χ3n) is 3.15. The maximum Gasteiger partial charge on any atom is 0.226 e. The van der Waals surface area contributed by atoms with Gasteiger partial charge in [-0.1, -0.05) is 13.8 Å². The van der Waals surface area contributed by atoms with Gasteiger partial charge in [0.05, 0.1) is 31.9 Å². The van der Waals surface area contributed by atoms with Gasteiger partial charge in [-0.05, 0) is 31.0 Å². The monoisotopic (exact) mass is 280 g/mol. The number of rotatable bonds is 7. The fourth-order valence-corrected chi connectivity index (χ4v) is 1.57. The third-order valence-corrected chi connectivity index (χ3v) is 3.15. The van der Waals surface area contributed by atoms with E-state index in [1.165, 1.54) is 0 Å². The van der Waals surface area contributed by atoms with E-state index in [-0.39, 0.29) is 12.0 Å². The molecule has 0 saturated heterocycles. The Kier molecular flexibility index (Phi) is 6.31. The first kappa shape index (κ1) is 16.3. The lowest BCUT2D eigenvalue weighted by Gasteiger charge is -2.16. The van der Waals surface area contributed by atoms with Crippen LogP contribution in [0.15, 0.2) is 18.2 Å². The third kappa shape index (κ3) is 5.09. The van der Waals surface area contributed by atoms with Crippen molar-refractivity contribution < 1.29 is 14.3 Å². The molecule has 1 unspecified atom stereocenters. The highest BCUT2D eigenvalue weighted by atomic mass is 16.5. The van der Waals surface area contributed by atoms with Crippen molar-refractivity contribution in [2.24, 2.45) is 5.92 Å². The summed E-state index contributed by atoms with van der Waals surface area (Å²) in [6.07, 6.45) is 0.444. The summed E-state index contributed by atoms with van der Waals surface area (Å²) >= 11 is 0. The van der Waals surface area contributed by atoms with Crippen LogP contribution in [0.5, 0.6) is 5.75 Å². The molecule has 1 atom stereocenters. The number of nitrogen functional groups attached to an aromatic ring is 1. The number of carbonyl (C=O) groups excluding carboxylic acids is 1. The zero-order valence-corrected chi connectivity index (χ0v) is 12.6. The molecule has 5 heteroatoms. The molecular formula is C15H24N2O3. The fraction of sp³-hybridized carbons (Fsp3) is 0.533. The van der Waals surface area contributed by atoms with Crippen molar-refractivity contribution in [3.05, 3.63) is 18.2 Å². The van der Waals surface area contributed by atoms with Gasteiger partial charge in [0.2, 0.25) is 5.91 Å².